The van der Waals surface area contributed by atoms with Crippen molar-refractivity contribution < 1.29 is 9.59 Å². The van der Waals surface area contributed by atoms with Gasteiger partial charge in [0.25, 0.3) is 0 Å². The highest BCUT2D eigenvalue weighted by atomic mass is 79.9. The molecule has 0 aromatic heterocycles. The van der Waals surface area contributed by atoms with Crippen LogP contribution in [0.3, 0.4) is 0 Å². The third-order valence-corrected chi connectivity index (χ3v) is 5.33. The lowest BCUT2D eigenvalue weighted by Crippen LogP contribution is -2.28. The van der Waals surface area contributed by atoms with Gasteiger partial charge in [0, 0.05) is 28.8 Å². The number of nitrogens with one attached hydrogen (secondary N) is 1. The van der Waals surface area contributed by atoms with Crippen molar-refractivity contribution in [2.24, 2.45) is 5.92 Å². The second-order valence-electron chi connectivity index (χ2n) is 6.70. The van der Waals surface area contributed by atoms with Gasteiger partial charge in [0.05, 0.1) is 5.92 Å². The van der Waals surface area contributed by atoms with Crippen molar-refractivity contribution in [1.82, 2.24) is 0 Å². The molecule has 2 amide bonds. The van der Waals surface area contributed by atoms with Crippen LogP contribution in [0, 0.1) is 26.7 Å². The molecule has 5 heteroatoms. The summed E-state index contributed by atoms with van der Waals surface area (Å²) in [6.07, 6.45) is 0.244. The van der Waals surface area contributed by atoms with Crippen LogP contribution in [0.4, 0.5) is 11.4 Å². The summed E-state index contributed by atoms with van der Waals surface area (Å²) in [7, 11) is 0. The van der Waals surface area contributed by atoms with Crippen LogP contribution in [0.1, 0.15) is 23.1 Å². The Labute approximate surface area is 156 Å². The molecule has 1 heterocycles. The summed E-state index contributed by atoms with van der Waals surface area (Å²) < 4.78 is 1.00. The molecule has 130 valence electrons. The van der Waals surface area contributed by atoms with Crippen LogP contribution in [-0.2, 0) is 9.59 Å². The molecule has 3 rings (SSSR count). The summed E-state index contributed by atoms with van der Waals surface area (Å²) in [5.74, 6) is -0.448. The molecule has 1 saturated heterocycles. The van der Waals surface area contributed by atoms with Gasteiger partial charge in [-0.05, 0) is 67.8 Å². The zero-order chi connectivity index (χ0) is 18.1. The molecule has 1 fully saturated rings. The van der Waals surface area contributed by atoms with Gasteiger partial charge in [-0.3, -0.25) is 9.59 Å². The lowest BCUT2D eigenvalue weighted by molar-refractivity contribution is -0.122. The molecule has 0 spiro atoms. The van der Waals surface area contributed by atoms with E-state index in [4.69, 9.17) is 0 Å². The highest BCUT2D eigenvalue weighted by Gasteiger charge is 2.35. The zero-order valence-corrected chi connectivity index (χ0v) is 16.2. The molecular weight excluding hydrogens is 380 g/mol. The molecule has 0 saturated carbocycles. The first-order valence-electron chi connectivity index (χ1n) is 8.29. The summed E-state index contributed by atoms with van der Waals surface area (Å²) in [6, 6.07) is 11.7. The standard InChI is InChI=1S/C20H21BrN2O2/c1-12-6-13(2)8-17(7-12)23-11-15(10-19(23)24)20(25)22-16-4-5-18(21)14(3)9-16/h4-9,15H,10-11H2,1-3H3,(H,22,25)/t15-/m1/s1. The molecule has 2 aromatic rings. The van der Waals surface area contributed by atoms with Crippen molar-refractivity contribution in [3.8, 4) is 0 Å². The number of rotatable bonds is 3. The highest BCUT2D eigenvalue weighted by molar-refractivity contribution is 9.10. The number of hydrogen-bond donors (Lipinski definition) is 1. The van der Waals surface area contributed by atoms with Crippen LogP contribution < -0.4 is 10.2 Å². The molecule has 1 atom stereocenters. The molecule has 0 bridgehead atoms. The van der Waals surface area contributed by atoms with Gasteiger partial charge in [-0.25, -0.2) is 0 Å². The van der Waals surface area contributed by atoms with Crippen LogP contribution >= 0.6 is 15.9 Å². The molecule has 25 heavy (non-hydrogen) atoms. The van der Waals surface area contributed by atoms with Crippen molar-refractivity contribution in [3.63, 3.8) is 0 Å². The first-order valence-corrected chi connectivity index (χ1v) is 9.08. The van der Waals surface area contributed by atoms with Crippen LogP contribution in [0.5, 0.6) is 0 Å². The maximum atomic E-state index is 12.6. The summed E-state index contributed by atoms with van der Waals surface area (Å²) in [4.78, 5) is 26.7. The molecule has 2 aromatic carbocycles. The maximum Gasteiger partial charge on any atom is 0.229 e. The van der Waals surface area contributed by atoms with E-state index in [1.165, 1.54) is 0 Å². The predicted molar refractivity (Wildman–Crippen MR) is 104 cm³/mol. The molecule has 1 aliphatic heterocycles. The lowest BCUT2D eigenvalue weighted by Gasteiger charge is -2.18. The molecule has 1 N–H and O–H groups in total. The molecule has 4 nitrogen and oxygen atoms in total. The molecule has 0 aliphatic carbocycles. The molecule has 0 radical (unpaired) electrons. The molecular formula is C20H21BrN2O2. The van der Waals surface area contributed by atoms with E-state index in [1.807, 2.05) is 51.1 Å². The Bertz CT molecular complexity index is 827. The van der Waals surface area contributed by atoms with Gasteiger partial charge < -0.3 is 10.2 Å². The summed E-state index contributed by atoms with van der Waals surface area (Å²) >= 11 is 3.45. The average molecular weight is 401 g/mol. The largest absolute Gasteiger partial charge is 0.326 e. The minimum absolute atomic E-state index is 0.00265. The number of amides is 2. The van der Waals surface area contributed by atoms with E-state index in [2.05, 4.69) is 27.3 Å². The second-order valence-corrected chi connectivity index (χ2v) is 7.56. The Morgan fingerprint density at radius 3 is 2.44 bits per heavy atom. The van der Waals surface area contributed by atoms with E-state index in [-0.39, 0.29) is 24.2 Å². The monoisotopic (exact) mass is 400 g/mol. The first kappa shape index (κ1) is 17.7. The smallest absolute Gasteiger partial charge is 0.229 e. The highest BCUT2D eigenvalue weighted by Crippen LogP contribution is 2.28. The van der Waals surface area contributed by atoms with E-state index in [1.54, 1.807) is 4.90 Å². The van der Waals surface area contributed by atoms with Crippen LogP contribution in [0.2, 0.25) is 0 Å². The van der Waals surface area contributed by atoms with Gasteiger partial charge in [0.2, 0.25) is 11.8 Å². The normalized spacial score (nSPS) is 17.0. The van der Waals surface area contributed by atoms with E-state index < -0.39 is 0 Å². The lowest BCUT2D eigenvalue weighted by atomic mass is 10.1. The number of nitrogens with zero attached hydrogens (tertiary/aromatic N) is 1. The third kappa shape index (κ3) is 3.93. The Morgan fingerprint density at radius 1 is 1.12 bits per heavy atom. The van der Waals surface area contributed by atoms with Crippen molar-refractivity contribution in [3.05, 3.63) is 57.6 Å². The van der Waals surface area contributed by atoms with Gasteiger partial charge in [-0.2, -0.15) is 0 Å². The van der Waals surface area contributed by atoms with Crippen molar-refractivity contribution in [2.75, 3.05) is 16.8 Å². The maximum absolute atomic E-state index is 12.6. The van der Waals surface area contributed by atoms with Gasteiger partial charge in [-0.15, -0.1) is 0 Å². The van der Waals surface area contributed by atoms with Gasteiger partial charge in [-0.1, -0.05) is 22.0 Å². The van der Waals surface area contributed by atoms with E-state index in [9.17, 15) is 9.59 Å². The fourth-order valence-corrected chi connectivity index (χ4v) is 3.45. The Kier molecular flexibility index (Phi) is 4.95. The average Bonchev–Trinajstić information content (AvgIpc) is 2.92. The SMILES string of the molecule is Cc1cc(C)cc(N2C[C@H](C(=O)Nc3ccc(Br)c(C)c3)CC2=O)c1. The Balaban J connectivity index is 1.73. The predicted octanol–water partition coefficient (Wildman–Crippen LogP) is 4.37. The fourth-order valence-electron chi connectivity index (χ4n) is 3.21. The van der Waals surface area contributed by atoms with Crippen LogP contribution in [-0.4, -0.2) is 18.4 Å². The number of carbonyl (C=O) groups excluding carboxylic acids is 2. The van der Waals surface area contributed by atoms with Crippen molar-refractivity contribution in [1.29, 1.82) is 0 Å². The Morgan fingerprint density at radius 2 is 1.80 bits per heavy atom. The summed E-state index contributed by atoms with van der Waals surface area (Å²) in [5.41, 5.74) is 4.90. The van der Waals surface area contributed by atoms with Crippen LogP contribution in [0.15, 0.2) is 40.9 Å². The van der Waals surface area contributed by atoms with E-state index in [0.29, 0.717) is 6.54 Å². The Hall–Kier alpha value is -2.14. The summed E-state index contributed by atoms with van der Waals surface area (Å²) in [6.45, 7) is 6.41. The van der Waals surface area contributed by atoms with E-state index >= 15 is 0 Å². The zero-order valence-electron chi connectivity index (χ0n) is 14.6. The molecule has 1 aliphatic rings. The van der Waals surface area contributed by atoms with E-state index in [0.717, 1.165) is 32.5 Å². The van der Waals surface area contributed by atoms with Crippen molar-refractivity contribution >= 4 is 39.1 Å². The van der Waals surface area contributed by atoms with Gasteiger partial charge in [0.15, 0.2) is 0 Å². The number of hydrogen-bond acceptors (Lipinski definition) is 2. The number of carbonyl (C=O) groups is 2. The topological polar surface area (TPSA) is 49.4 Å². The van der Waals surface area contributed by atoms with Crippen LogP contribution in [0.25, 0.3) is 0 Å². The third-order valence-electron chi connectivity index (χ3n) is 4.44. The van der Waals surface area contributed by atoms with Gasteiger partial charge in [0.1, 0.15) is 0 Å². The number of benzene rings is 2. The number of halogens is 1. The van der Waals surface area contributed by atoms with Crippen molar-refractivity contribution in [2.45, 2.75) is 27.2 Å². The molecule has 0 unspecified atom stereocenters. The quantitative estimate of drug-likeness (QED) is 0.831. The number of aryl methyl sites for hydroxylation is 3. The minimum Gasteiger partial charge on any atom is -0.326 e. The first-order chi connectivity index (χ1) is 11.8. The summed E-state index contributed by atoms with van der Waals surface area (Å²) in [5, 5.41) is 2.93. The van der Waals surface area contributed by atoms with Gasteiger partial charge >= 0.3 is 0 Å². The second kappa shape index (κ2) is 7.00. The fraction of sp³-hybridized carbons (Fsp3) is 0.300. The minimum atomic E-state index is -0.336. The number of anilines is 2.